The molecule has 0 aliphatic carbocycles. The number of ether oxygens (including phenoxy) is 1. The van der Waals surface area contributed by atoms with Crippen LogP contribution in [-0.2, 0) is 18.3 Å². The third-order valence-corrected chi connectivity index (χ3v) is 5.96. The molecule has 32 heavy (non-hydrogen) atoms. The number of hydrogen-bond donors (Lipinski definition) is 1. The van der Waals surface area contributed by atoms with Crippen molar-refractivity contribution in [2.75, 3.05) is 13.2 Å². The molecule has 0 radical (unpaired) electrons. The Kier molecular flexibility index (Phi) is 5.99. The Morgan fingerprint density at radius 3 is 2.66 bits per heavy atom. The van der Waals surface area contributed by atoms with Crippen molar-refractivity contribution in [1.29, 1.82) is 0 Å². The fourth-order valence-corrected chi connectivity index (χ4v) is 3.87. The van der Waals surface area contributed by atoms with E-state index in [1.807, 2.05) is 57.3 Å². The summed E-state index contributed by atoms with van der Waals surface area (Å²) in [6.45, 7) is 5.91. The van der Waals surface area contributed by atoms with E-state index in [9.17, 15) is 9.59 Å². The van der Waals surface area contributed by atoms with Gasteiger partial charge in [0.1, 0.15) is 17.2 Å². The minimum atomic E-state index is -0.353. The van der Waals surface area contributed by atoms with E-state index in [1.54, 1.807) is 6.92 Å². The van der Waals surface area contributed by atoms with Gasteiger partial charge in [0.15, 0.2) is 6.61 Å². The van der Waals surface area contributed by atoms with Crippen LogP contribution in [0.15, 0.2) is 45.6 Å². The Hall–Kier alpha value is -3.61. The first-order valence-electron chi connectivity index (χ1n) is 10.7. The molecule has 4 rings (SSSR count). The summed E-state index contributed by atoms with van der Waals surface area (Å²) in [4.78, 5) is 28.9. The van der Waals surface area contributed by atoms with Gasteiger partial charge in [0.2, 0.25) is 0 Å². The SMILES string of the molecule is Cc1c(C)c2ccc(OCC(=O)NCCCc3nc4ccccc4n3C)c(C)c2oc1=O. The molecule has 7 heteroatoms. The van der Waals surface area contributed by atoms with Crippen LogP contribution in [0.25, 0.3) is 22.0 Å². The van der Waals surface area contributed by atoms with Gasteiger partial charge in [0, 0.05) is 36.5 Å². The highest BCUT2D eigenvalue weighted by atomic mass is 16.5. The van der Waals surface area contributed by atoms with Crippen molar-refractivity contribution in [2.24, 2.45) is 7.05 Å². The van der Waals surface area contributed by atoms with E-state index in [0.29, 0.717) is 29.0 Å². The lowest BCUT2D eigenvalue weighted by atomic mass is 10.0. The van der Waals surface area contributed by atoms with Gasteiger partial charge < -0.3 is 19.0 Å². The quantitative estimate of drug-likeness (QED) is 0.355. The zero-order valence-electron chi connectivity index (χ0n) is 18.8. The van der Waals surface area contributed by atoms with Crippen molar-refractivity contribution in [1.82, 2.24) is 14.9 Å². The van der Waals surface area contributed by atoms with E-state index >= 15 is 0 Å². The van der Waals surface area contributed by atoms with Gasteiger partial charge in [-0.25, -0.2) is 9.78 Å². The van der Waals surface area contributed by atoms with Crippen LogP contribution in [0.3, 0.4) is 0 Å². The lowest BCUT2D eigenvalue weighted by molar-refractivity contribution is -0.123. The van der Waals surface area contributed by atoms with Gasteiger partial charge in [0.25, 0.3) is 5.91 Å². The molecule has 1 amide bonds. The Labute approximate surface area is 186 Å². The molecule has 0 spiro atoms. The Balaban J connectivity index is 1.31. The maximum absolute atomic E-state index is 12.2. The topological polar surface area (TPSA) is 86.4 Å². The van der Waals surface area contributed by atoms with E-state index in [4.69, 9.17) is 9.15 Å². The van der Waals surface area contributed by atoms with E-state index < -0.39 is 0 Å². The summed E-state index contributed by atoms with van der Waals surface area (Å²) < 4.78 is 13.2. The van der Waals surface area contributed by atoms with Crippen molar-refractivity contribution in [3.8, 4) is 5.75 Å². The molecule has 166 valence electrons. The number of imidazole rings is 1. The summed E-state index contributed by atoms with van der Waals surface area (Å²) in [6.07, 6.45) is 1.55. The van der Waals surface area contributed by atoms with Gasteiger partial charge in [-0.1, -0.05) is 12.1 Å². The van der Waals surface area contributed by atoms with E-state index in [-0.39, 0.29) is 18.1 Å². The van der Waals surface area contributed by atoms with Crippen molar-refractivity contribution in [3.63, 3.8) is 0 Å². The Bertz CT molecular complexity index is 1370. The molecule has 0 saturated heterocycles. The second-order valence-corrected chi connectivity index (χ2v) is 8.02. The number of benzene rings is 2. The third kappa shape index (κ3) is 4.10. The van der Waals surface area contributed by atoms with Gasteiger partial charge in [-0.3, -0.25) is 4.79 Å². The molecule has 4 aromatic rings. The number of aryl methyl sites for hydroxylation is 4. The van der Waals surface area contributed by atoms with Crippen molar-refractivity contribution >= 4 is 27.9 Å². The molecule has 0 atom stereocenters. The summed E-state index contributed by atoms with van der Waals surface area (Å²) in [5, 5.41) is 3.76. The molecule has 2 aromatic carbocycles. The van der Waals surface area contributed by atoms with Gasteiger partial charge in [-0.05, 0) is 57.0 Å². The minimum absolute atomic E-state index is 0.103. The fourth-order valence-electron chi connectivity index (χ4n) is 3.87. The number of para-hydroxylation sites is 2. The van der Waals surface area contributed by atoms with Gasteiger partial charge >= 0.3 is 5.63 Å². The third-order valence-electron chi connectivity index (χ3n) is 5.96. The smallest absolute Gasteiger partial charge is 0.339 e. The molecule has 0 saturated carbocycles. The first-order valence-corrected chi connectivity index (χ1v) is 10.7. The maximum atomic E-state index is 12.2. The molecular weight excluding hydrogens is 406 g/mol. The van der Waals surface area contributed by atoms with Crippen LogP contribution in [0.4, 0.5) is 0 Å². The van der Waals surface area contributed by atoms with Crippen LogP contribution in [-0.4, -0.2) is 28.6 Å². The molecular formula is C25H27N3O4. The number of nitrogens with one attached hydrogen (secondary N) is 1. The van der Waals surface area contributed by atoms with Crippen LogP contribution in [0.5, 0.6) is 5.75 Å². The molecule has 2 heterocycles. The maximum Gasteiger partial charge on any atom is 0.339 e. The predicted octanol–water partition coefficient (Wildman–Crippen LogP) is 3.73. The summed E-state index contributed by atoms with van der Waals surface area (Å²) in [5.74, 6) is 1.32. The largest absolute Gasteiger partial charge is 0.483 e. The number of aromatic nitrogens is 2. The van der Waals surface area contributed by atoms with Crippen LogP contribution in [0.1, 0.15) is 28.9 Å². The Morgan fingerprint density at radius 2 is 1.88 bits per heavy atom. The van der Waals surface area contributed by atoms with Crippen molar-refractivity contribution < 1.29 is 13.9 Å². The zero-order valence-corrected chi connectivity index (χ0v) is 18.8. The standard InChI is InChI=1S/C25H27N3O4/c1-15-16(2)25(30)32-24-17(3)21(12-11-18(15)24)31-14-23(29)26-13-7-10-22-27-19-8-5-6-9-20(19)28(22)4/h5-6,8-9,11-12H,7,10,13-14H2,1-4H3,(H,26,29). The number of nitrogens with zero attached hydrogens (tertiary/aromatic N) is 2. The lowest BCUT2D eigenvalue weighted by Crippen LogP contribution is -2.30. The number of fused-ring (bicyclic) bond motifs is 2. The van der Waals surface area contributed by atoms with Crippen molar-refractivity contribution in [2.45, 2.75) is 33.6 Å². The van der Waals surface area contributed by atoms with Gasteiger partial charge in [0.05, 0.1) is 11.0 Å². The van der Waals surface area contributed by atoms with Crippen LogP contribution < -0.4 is 15.7 Å². The predicted molar refractivity (Wildman–Crippen MR) is 124 cm³/mol. The molecule has 0 unspecified atom stereocenters. The highest BCUT2D eigenvalue weighted by Gasteiger charge is 2.14. The van der Waals surface area contributed by atoms with Crippen molar-refractivity contribution in [3.05, 3.63) is 69.3 Å². The monoisotopic (exact) mass is 433 g/mol. The highest BCUT2D eigenvalue weighted by molar-refractivity contribution is 5.86. The van der Waals surface area contributed by atoms with Crippen LogP contribution >= 0.6 is 0 Å². The second-order valence-electron chi connectivity index (χ2n) is 8.02. The van der Waals surface area contributed by atoms with E-state index in [0.717, 1.165) is 40.6 Å². The average molecular weight is 434 g/mol. The molecule has 1 N–H and O–H groups in total. The number of carbonyl (C=O) groups excluding carboxylic acids is 1. The first-order chi connectivity index (χ1) is 15.4. The molecule has 0 aliphatic heterocycles. The van der Waals surface area contributed by atoms with E-state index in [1.165, 1.54) is 0 Å². The minimum Gasteiger partial charge on any atom is -0.483 e. The number of carbonyl (C=O) groups is 1. The lowest BCUT2D eigenvalue weighted by Gasteiger charge is -2.12. The zero-order chi connectivity index (χ0) is 22.8. The summed E-state index contributed by atoms with van der Waals surface area (Å²) >= 11 is 0. The number of rotatable bonds is 7. The highest BCUT2D eigenvalue weighted by Crippen LogP contribution is 2.29. The summed E-state index contributed by atoms with van der Waals surface area (Å²) in [5.41, 5.74) is 4.43. The van der Waals surface area contributed by atoms with Crippen LogP contribution in [0, 0.1) is 20.8 Å². The number of hydrogen-bond acceptors (Lipinski definition) is 5. The molecule has 2 aromatic heterocycles. The van der Waals surface area contributed by atoms with Gasteiger partial charge in [-0.15, -0.1) is 0 Å². The Morgan fingerprint density at radius 1 is 1.09 bits per heavy atom. The van der Waals surface area contributed by atoms with Crippen LogP contribution in [0.2, 0.25) is 0 Å². The van der Waals surface area contributed by atoms with Gasteiger partial charge in [-0.2, -0.15) is 0 Å². The molecule has 0 fully saturated rings. The fraction of sp³-hybridized carbons (Fsp3) is 0.320. The average Bonchev–Trinajstić information content (AvgIpc) is 3.11. The summed E-state index contributed by atoms with van der Waals surface area (Å²) in [7, 11) is 2.01. The van der Waals surface area contributed by atoms with E-state index in [2.05, 4.69) is 14.9 Å². The molecule has 0 aliphatic rings. The molecule has 0 bridgehead atoms. The second kappa shape index (κ2) is 8.86. The molecule has 7 nitrogen and oxygen atoms in total. The number of amides is 1. The first kappa shape index (κ1) is 21.6. The normalized spacial score (nSPS) is 11.2. The summed E-state index contributed by atoms with van der Waals surface area (Å²) in [6, 6.07) is 11.7.